The van der Waals surface area contributed by atoms with Crippen molar-refractivity contribution in [2.75, 3.05) is 25.6 Å². The van der Waals surface area contributed by atoms with Crippen LogP contribution in [0.3, 0.4) is 0 Å². The number of nitrogens with one attached hydrogen (secondary N) is 2. The van der Waals surface area contributed by atoms with Gasteiger partial charge in [-0.3, -0.25) is 9.59 Å². The number of aliphatic hydroxyl groups excluding tert-OH is 1. The van der Waals surface area contributed by atoms with E-state index in [2.05, 4.69) is 10.6 Å². The molecule has 0 aromatic heterocycles. The number of anilines is 1. The van der Waals surface area contributed by atoms with E-state index in [1.165, 1.54) is 7.11 Å². The predicted molar refractivity (Wildman–Crippen MR) is 61.7 cm³/mol. The van der Waals surface area contributed by atoms with Crippen LogP contribution >= 0.6 is 0 Å². The van der Waals surface area contributed by atoms with Gasteiger partial charge in [-0.1, -0.05) is 12.1 Å². The third-order valence-corrected chi connectivity index (χ3v) is 1.96. The molecule has 0 bridgehead atoms. The summed E-state index contributed by atoms with van der Waals surface area (Å²) in [5.41, 5.74) is 0.416. The van der Waals surface area contributed by atoms with Gasteiger partial charge in [-0.15, -0.1) is 0 Å². The number of para-hydroxylation sites is 2. The lowest BCUT2D eigenvalue weighted by molar-refractivity contribution is -0.136. The minimum Gasteiger partial charge on any atom is -0.495 e. The molecule has 1 aromatic carbocycles. The molecule has 3 N–H and O–H groups in total. The summed E-state index contributed by atoms with van der Waals surface area (Å²) in [5.74, 6) is -1.14. The Balaban J connectivity index is 2.64. The maximum atomic E-state index is 11.4. The van der Waals surface area contributed by atoms with Gasteiger partial charge in [-0.25, -0.2) is 0 Å². The molecular formula is C11H14N2O4. The maximum Gasteiger partial charge on any atom is 0.313 e. The largest absolute Gasteiger partial charge is 0.495 e. The van der Waals surface area contributed by atoms with Gasteiger partial charge in [0.15, 0.2) is 0 Å². The number of hydrogen-bond donors (Lipinski definition) is 3. The van der Waals surface area contributed by atoms with Gasteiger partial charge in [0.1, 0.15) is 5.75 Å². The van der Waals surface area contributed by atoms with Crippen molar-refractivity contribution in [2.24, 2.45) is 0 Å². The van der Waals surface area contributed by atoms with Gasteiger partial charge in [0.25, 0.3) is 0 Å². The number of carbonyl (C=O) groups is 2. The number of benzene rings is 1. The number of methoxy groups -OCH3 is 1. The molecule has 0 aliphatic carbocycles. The second-order valence-electron chi connectivity index (χ2n) is 3.13. The SMILES string of the molecule is COc1ccccc1NC(=O)C(=O)NCCO. The van der Waals surface area contributed by atoms with Crippen LogP contribution in [-0.4, -0.2) is 37.2 Å². The number of rotatable bonds is 4. The van der Waals surface area contributed by atoms with Crippen molar-refractivity contribution >= 4 is 17.5 Å². The van der Waals surface area contributed by atoms with Crippen molar-refractivity contribution in [1.82, 2.24) is 5.32 Å². The van der Waals surface area contributed by atoms with E-state index in [1.54, 1.807) is 24.3 Å². The van der Waals surface area contributed by atoms with Gasteiger partial charge in [0.2, 0.25) is 0 Å². The number of ether oxygens (including phenoxy) is 1. The Morgan fingerprint density at radius 2 is 2.00 bits per heavy atom. The van der Waals surface area contributed by atoms with Crippen LogP contribution < -0.4 is 15.4 Å². The third-order valence-electron chi connectivity index (χ3n) is 1.96. The van der Waals surface area contributed by atoms with E-state index in [-0.39, 0.29) is 13.2 Å². The topological polar surface area (TPSA) is 87.7 Å². The first-order valence-corrected chi connectivity index (χ1v) is 5.02. The fraction of sp³-hybridized carbons (Fsp3) is 0.273. The van der Waals surface area contributed by atoms with E-state index in [1.807, 2.05) is 0 Å². The first kappa shape index (κ1) is 13.0. The van der Waals surface area contributed by atoms with Gasteiger partial charge in [0.05, 0.1) is 19.4 Å². The second-order valence-corrected chi connectivity index (χ2v) is 3.13. The molecule has 92 valence electrons. The number of aliphatic hydroxyl groups is 1. The Labute approximate surface area is 98.6 Å². The summed E-state index contributed by atoms with van der Waals surface area (Å²) in [6.07, 6.45) is 0. The van der Waals surface area contributed by atoms with Crippen LogP contribution in [0.25, 0.3) is 0 Å². The summed E-state index contributed by atoms with van der Waals surface area (Å²) in [5, 5.41) is 13.2. The Bertz CT molecular complexity index is 406. The number of amides is 2. The molecular weight excluding hydrogens is 224 g/mol. The predicted octanol–water partition coefficient (Wildman–Crippen LogP) is -0.258. The van der Waals surface area contributed by atoms with Crippen molar-refractivity contribution in [1.29, 1.82) is 0 Å². The van der Waals surface area contributed by atoms with Gasteiger partial charge in [-0.2, -0.15) is 0 Å². The molecule has 1 aromatic rings. The average Bonchev–Trinajstić information content (AvgIpc) is 2.36. The average molecular weight is 238 g/mol. The highest BCUT2D eigenvalue weighted by atomic mass is 16.5. The Kier molecular flexibility index (Phi) is 4.96. The maximum absolute atomic E-state index is 11.4. The fourth-order valence-corrected chi connectivity index (χ4v) is 1.18. The summed E-state index contributed by atoms with van der Waals surface area (Å²) in [6, 6.07) is 6.75. The molecule has 0 fully saturated rings. The van der Waals surface area contributed by atoms with Crippen LogP contribution in [0.2, 0.25) is 0 Å². The highest BCUT2D eigenvalue weighted by molar-refractivity contribution is 6.39. The summed E-state index contributed by atoms with van der Waals surface area (Å²) in [6.45, 7) is -0.175. The zero-order valence-corrected chi connectivity index (χ0v) is 9.40. The lowest BCUT2D eigenvalue weighted by Gasteiger charge is -2.09. The van der Waals surface area contributed by atoms with Crippen LogP contribution in [0.5, 0.6) is 5.75 Å². The van der Waals surface area contributed by atoms with Crippen molar-refractivity contribution in [3.05, 3.63) is 24.3 Å². The van der Waals surface area contributed by atoms with Crippen molar-refractivity contribution in [2.45, 2.75) is 0 Å². The molecule has 0 spiro atoms. The molecule has 0 saturated heterocycles. The molecule has 2 amide bonds. The first-order chi connectivity index (χ1) is 8.19. The number of carbonyl (C=O) groups excluding carboxylic acids is 2. The first-order valence-electron chi connectivity index (χ1n) is 5.02. The zero-order chi connectivity index (χ0) is 12.7. The van der Waals surface area contributed by atoms with E-state index >= 15 is 0 Å². The molecule has 1 rings (SSSR count). The number of hydrogen-bond acceptors (Lipinski definition) is 4. The van der Waals surface area contributed by atoms with E-state index in [4.69, 9.17) is 9.84 Å². The van der Waals surface area contributed by atoms with Crippen LogP contribution in [0.1, 0.15) is 0 Å². The standard InChI is InChI=1S/C11H14N2O4/c1-17-9-5-3-2-4-8(9)13-11(16)10(15)12-6-7-14/h2-5,14H,6-7H2,1H3,(H,12,15)(H,13,16). The highest BCUT2D eigenvalue weighted by Crippen LogP contribution is 2.22. The summed E-state index contributed by atoms with van der Waals surface area (Å²) >= 11 is 0. The smallest absolute Gasteiger partial charge is 0.313 e. The lowest BCUT2D eigenvalue weighted by atomic mass is 10.3. The molecule has 0 saturated carbocycles. The van der Waals surface area contributed by atoms with Gasteiger partial charge in [0, 0.05) is 6.54 Å². The van der Waals surface area contributed by atoms with Crippen LogP contribution in [0.4, 0.5) is 5.69 Å². The van der Waals surface area contributed by atoms with Crippen molar-refractivity contribution in [3.63, 3.8) is 0 Å². The Hall–Kier alpha value is -2.08. The van der Waals surface area contributed by atoms with E-state index in [0.29, 0.717) is 11.4 Å². The Morgan fingerprint density at radius 3 is 2.65 bits per heavy atom. The molecule has 0 atom stereocenters. The third kappa shape index (κ3) is 3.76. The molecule has 0 aliphatic rings. The zero-order valence-electron chi connectivity index (χ0n) is 9.40. The van der Waals surface area contributed by atoms with Crippen molar-refractivity contribution < 1.29 is 19.4 Å². The molecule has 0 unspecified atom stereocenters. The summed E-state index contributed by atoms with van der Waals surface area (Å²) in [7, 11) is 1.47. The molecule has 17 heavy (non-hydrogen) atoms. The van der Waals surface area contributed by atoms with Crippen LogP contribution in [0.15, 0.2) is 24.3 Å². The van der Waals surface area contributed by atoms with Gasteiger partial charge in [-0.05, 0) is 12.1 Å². The summed E-state index contributed by atoms with van der Waals surface area (Å²) in [4.78, 5) is 22.7. The van der Waals surface area contributed by atoms with Gasteiger partial charge >= 0.3 is 11.8 Å². The summed E-state index contributed by atoms with van der Waals surface area (Å²) < 4.78 is 5.02. The molecule has 6 nitrogen and oxygen atoms in total. The molecule has 0 heterocycles. The fourth-order valence-electron chi connectivity index (χ4n) is 1.18. The monoisotopic (exact) mass is 238 g/mol. The van der Waals surface area contributed by atoms with Crippen molar-refractivity contribution in [3.8, 4) is 5.75 Å². The molecule has 6 heteroatoms. The Morgan fingerprint density at radius 1 is 1.29 bits per heavy atom. The van der Waals surface area contributed by atoms with E-state index in [9.17, 15) is 9.59 Å². The quantitative estimate of drug-likeness (QED) is 0.631. The lowest BCUT2D eigenvalue weighted by Crippen LogP contribution is -2.36. The van der Waals surface area contributed by atoms with Crippen LogP contribution in [-0.2, 0) is 9.59 Å². The van der Waals surface area contributed by atoms with Crippen LogP contribution in [0, 0.1) is 0 Å². The van der Waals surface area contributed by atoms with E-state index in [0.717, 1.165) is 0 Å². The second kappa shape index (κ2) is 6.49. The minimum atomic E-state index is -0.803. The van der Waals surface area contributed by atoms with E-state index < -0.39 is 11.8 Å². The van der Waals surface area contributed by atoms with Gasteiger partial charge < -0.3 is 20.5 Å². The normalized spacial score (nSPS) is 9.53. The molecule has 0 radical (unpaired) electrons. The highest BCUT2D eigenvalue weighted by Gasteiger charge is 2.14. The minimum absolute atomic E-state index is 0.0399. The molecule has 0 aliphatic heterocycles.